The van der Waals surface area contributed by atoms with Gasteiger partial charge in [-0.3, -0.25) is 4.79 Å². The van der Waals surface area contributed by atoms with Crippen molar-refractivity contribution in [2.24, 2.45) is 0 Å². The Balaban J connectivity index is 1.82. The number of anilines is 1. The molecule has 100 valence electrons. The van der Waals surface area contributed by atoms with Crippen LogP contribution in [0.3, 0.4) is 0 Å². The summed E-state index contributed by atoms with van der Waals surface area (Å²) in [6.45, 7) is 3.36. The Hall–Kier alpha value is -1.95. The average Bonchev–Trinajstić information content (AvgIpc) is 2.93. The first-order valence-electron chi connectivity index (χ1n) is 6.14. The van der Waals surface area contributed by atoms with Crippen molar-refractivity contribution in [1.82, 2.24) is 15.3 Å². The van der Waals surface area contributed by atoms with E-state index in [9.17, 15) is 4.79 Å². The molecule has 2 rings (SSSR count). The van der Waals surface area contributed by atoms with Crippen LogP contribution in [-0.4, -0.2) is 29.0 Å². The molecular weight excluding hydrogens is 260 g/mol. The molecule has 6 heteroatoms. The highest BCUT2D eigenvalue weighted by atomic mass is 32.1. The number of hydrogen-bond acceptors (Lipinski definition) is 5. The molecule has 5 nitrogen and oxygen atoms in total. The van der Waals surface area contributed by atoms with Crippen LogP contribution in [0.25, 0.3) is 0 Å². The maximum atomic E-state index is 11.8. The molecule has 2 N–H and O–H groups in total. The molecule has 0 saturated carbocycles. The van der Waals surface area contributed by atoms with E-state index in [0.29, 0.717) is 18.1 Å². The summed E-state index contributed by atoms with van der Waals surface area (Å²) in [5, 5.41) is 9.97. The van der Waals surface area contributed by atoms with Crippen LogP contribution in [0.15, 0.2) is 29.2 Å². The molecule has 2 aromatic rings. The lowest BCUT2D eigenvalue weighted by Gasteiger charge is -2.05. The Bertz CT molecular complexity index is 510. The van der Waals surface area contributed by atoms with Gasteiger partial charge in [0.15, 0.2) is 0 Å². The fraction of sp³-hybridized carbons (Fsp3) is 0.308. The molecule has 0 aliphatic rings. The molecule has 19 heavy (non-hydrogen) atoms. The molecule has 0 aliphatic heterocycles. The Morgan fingerprint density at radius 2 is 2.26 bits per heavy atom. The fourth-order valence-corrected chi connectivity index (χ4v) is 2.27. The zero-order valence-corrected chi connectivity index (χ0v) is 11.5. The molecule has 0 aliphatic carbocycles. The Morgan fingerprint density at radius 3 is 2.89 bits per heavy atom. The molecule has 0 fully saturated rings. The molecule has 0 atom stereocenters. The number of thiophene rings is 1. The van der Waals surface area contributed by atoms with E-state index in [1.807, 2.05) is 12.3 Å². The lowest BCUT2D eigenvalue weighted by atomic mass is 10.2. The molecule has 1 amide bonds. The summed E-state index contributed by atoms with van der Waals surface area (Å²) in [6.07, 6.45) is 3.88. The number of carbonyl (C=O) groups excluding carboxylic acids is 1. The van der Waals surface area contributed by atoms with Gasteiger partial charge in [0.05, 0.1) is 12.4 Å². The first-order valence-corrected chi connectivity index (χ1v) is 7.09. The second kappa shape index (κ2) is 6.84. The van der Waals surface area contributed by atoms with Gasteiger partial charge in [0.25, 0.3) is 5.91 Å². The van der Waals surface area contributed by atoms with Crippen LogP contribution in [0.1, 0.15) is 23.0 Å². The summed E-state index contributed by atoms with van der Waals surface area (Å²) in [5.74, 6) is 0.489. The standard InChI is InChI=1S/C13H16N4OS/c1-2-14-12-8-16-11(7-17-12)13(18)15-5-3-10-4-6-19-9-10/h4,6-9H,2-3,5H2,1H3,(H,14,17)(H,15,18). The maximum absolute atomic E-state index is 11.8. The first-order chi connectivity index (χ1) is 9.29. The predicted octanol–water partition coefficient (Wildman–Crippen LogP) is 1.94. The van der Waals surface area contributed by atoms with Gasteiger partial charge in [0, 0.05) is 13.1 Å². The van der Waals surface area contributed by atoms with Crippen LogP contribution in [0.5, 0.6) is 0 Å². The van der Waals surface area contributed by atoms with Gasteiger partial charge in [-0.25, -0.2) is 9.97 Å². The zero-order valence-electron chi connectivity index (χ0n) is 10.7. The molecule has 0 aromatic carbocycles. The number of carbonyl (C=O) groups is 1. The number of nitrogens with zero attached hydrogens (tertiary/aromatic N) is 2. The molecule has 0 radical (unpaired) electrons. The van der Waals surface area contributed by atoms with Gasteiger partial charge in [0.1, 0.15) is 11.5 Å². The number of nitrogens with one attached hydrogen (secondary N) is 2. The Morgan fingerprint density at radius 1 is 1.37 bits per heavy atom. The van der Waals surface area contributed by atoms with E-state index in [1.54, 1.807) is 17.5 Å². The molecule has 0 unspecified atom stereocenters. The molecule has 0 bridgehead atoms. The van der Waals surface area contributed by atoms with E-state index in [0.717, 1.165) is 13.0 Å². The minimum atomic E-state index is -0.189. The maximum Gasteiger partial charge on any atom is 0.271 e. The third-order valence-electron chi connectivity index (χ3n) is 2.52. The van der Waals surface area contributed by atoms with Crippen molar-refractivity contribution in [1.29, 1.82) is 0 Å². The third-order valence-corrected chi connectivity index (χ3v) is 3.25. The van der Waals surface area contributed by atoms with Gasteiger partial charge in [-0.05, 0) is 35.7 Å². The van der Waals surface area contributed by atoms with Gasteiger partial charge < -0.3 is 10.6 Å². The average molecular weight is 276 g/mol. The SMILES string of the molecule is CCNc1cnc(C(=O)NCCc2ccsc2)cn1. The number of aromatic nitrogens is 2. The Kier molecular flexibility index (Phi) is 4.85. The van der Waals surface area contributed by atoms with E-state index >= 15 is 0 Å². The Labute approximate surface area is 116 Å². The van der Waals surface area contributed by atoms with E-state index in [-0.39, 0.29) is 5.91 Å². The molecule has 0 saturated heterocycles. The van der Waals surface area contributed by atoms with Crippen molar-refractivity contribution in [3.05, 3.63) is 40.5 Å². The van der Waals surface area contributed by atoms with Crippen LogP contribution >= 0.6 is 11.3 Å². The van der Waals surface area contributed by atoms with Gasteiger partial charge >= 0.3 is 0 Å². The smallest absolute Gasteiger partial charge is 0.271 e. The van der Waals surface area contributed by atoms with Crippen LogP contribution < -0.4 is 10.6 Å². The fourth-order valence-electron chi connectivity index (χ4n) is 1.56. The highest BCUT2D eigenvalue weighted by Gasteiger charge is 2.07. The van der Waals surface area contributed by atoms with Crippen LogP contribution in [0.2, 0.25) is 0 Å². The lowest BCUT2D eigenvalue weighted by Crippen LogP contribution is -2.26. The van der Waals surface area contributed by atoms with Crippen LogP contribution in [0.4, 0.5) is 5.82 Å². The quantitative estimate of drug-likeness (QED) is 0.846. The molecular formula is C13H16N4OS. The summed E-state index contributed by atoms with van der Waals surface area (Å²) in [5.41, 5.74) is 1.57. The monoisotopic (exact) mass is 276 g/mol. The third kappa shape index (κ3) is 4.03. The number of hydrogen-bond donors (Lipinski definition) is 2. The van der Waals surface area contributed by atoms with Gasteiger partial charge in [-0.1, -0.05) is 0 Å². The van der Waals surface area contributed by atoms with Crippen molar-refractivity contribution in [2.45, 2.75) is 13.3 Å². The highest BCUT2D eigenvalue weighted by Crippen LogP contribution is 2.06. The highest BCUT2D eigenvalue weighted by molar-refractivity contribution is 7.07. The van der Waals surface area contributed by atoms with Crippen molar-refractivity contribution in [3.8, 4) is 0 Å². The van der Waals surface area contributed by atoms with E-state index in [4.69, 9.17) is 0 Å². The first kappa shape index (κ1) is 13.5. The van der Waals surface area contributed by atoms with Crippen molar-refractivity contribution in [2.75, 3.05) is 18.4 Å². The summed E-state index contributed by atoms with van der Waals surface area (Å²) in [4.78, 5) is 20.0. The molecule has 0 spiro atoms. The minimum Gasteiger partial charge on any atom is -0.369 e. The van der Waals surface area contributed by atoms with E-state index in [1.165, 1.54) is 11.8 Å². The predicted molar refractivity (Wildman–Crippen MR) is 76.6 cm³/mol. The summed E-state index contributed by atoms with van der Waals surface area (Å²) >= 11 is 1.66. The van der Waals surface area contributed by atoms with Gasteiger partial charge in [-0.15, -0.1) is 0 Å². The number of amides is 1. The van der Waals surface area contributed by atoms with Crippen molar-refractivity contribution < 1.29 is 4.79 Å². The molecule has 2 heterocycles. The largest absolute Gasteiger partial charge is 0.369 e. The van der Waals surface area contributed by atoms with Crippen molar-refractivity contribution in [3.63, 3.8) is 0 Å². The molecule has 2 aromatic heterocycles. The van der Waals surface area contributed by atoms with E-state index < -0.39 is 0 Å². The van der Waals surface area contributed by atoms with E-state index in [2.05, 4.69) is 32.0 Å². The lowest BCUT2D eigenvalue weighted by molar-refractivity contribution is 0.0949. The topological polar surface area (TPSA) is 66.9 Å². The van der Waals surface area contributed by atoms with Crippen LogP contribution in [0, 0.1) is 0 Å². The summed E-state index contributed by atoms with van der Waals surface area (Å²) < 4.78 is 0. The number of rotatable bonds is 6. The zero-order chi connectivity index (χ0) is 13.5. The normalized spacial score (nSPS) is 10.2. The summed E-state index contributed by atoms with van der Waals surface area (Å²) in [7, 11) is 0. The van der Waals surface area contributed by atoms with Gasteiger partial charge in [-0.2, -0.15) is 11.3 Å². The van der Waals surface area contributed by atoms with Gasteiger partial charge in [0.2, 0.25) is 0 Å². The second-order valence-electron chi connectivity index (χ2n) is 3.95. The van der Waals surface area contributed by atoms with Crippen LogP contribution in [-0.2, 0) is 6.42 Å². The minimum absolute atomic E-state index is 0.189. The second-order valence-corrected chi connectivity index (χ2v) is 4.73. The van der Waals surface area contributed by atoms with Crippen molar-refractivity contribution >= 4 is 23.1 Å². The summed E-state index contributed by atoms with van der Waals surface area (Å²) in [6, 6.07) is 2.06.